The van der Waals surface area contributed by atoms with Gasteiger partial charge in [0.25, 0.3) is 0 Å². The molecule has 2 saturated carbocycles. The van der Waals surface area contributed by atoms with Crippen molar-refractivity contribution in [1.82, 2.24) is 0 Å². The Morgan fingerprint density at radius 3 is 2.47 bits per heavy atom. The van der Waals surface area contributed by atoms with Crippen molar-refractivity contribution in [2.24, 2.45) is 0 Å². The summed E-state index contributed by atoms with van der Waals surface area (Å²) < 4.78 is 12.6. The summed E-state index contributed by atoms with van der Waals surface area (Å²) >= 11 is 0. The highest BCUT2D eigenvalue weighted by Gasteiger charge is 2.37. The van der Waals surface area contributed by atoms with Crippen molar-refractivity contribution >= 4 is 16.8 Å². The van der Waals surface area contributed by atoms with Crippen LogP contribution in [-0.2, 0) is 17.2 Å². The molecule has 1 aromatic rings. The molecule has 0 radical (unpaired) electrons. The molecule has 0 saturated heterocycles. The number of rotatable bonds is 5. The van der Waals surface area contributed by atoms with Crippen LogP contribution in [0.15, 0.2) is 17.0 Å². The molecule has 0 spiro atoms. The second-order valence-corrected chi connectivity index (χ2v) is 7.11. The molecule has 0 heterocycles. The minimum absolute atomic E-state index is 0.256. The molecule has 3 rings (SSSR count). The average Bonchev–Trinajstić information content (AvgIpc) is 3.29. The van der Waals surface area contributed by atoms with Crippen LogP contribution in [0.2, 0.25) is 0 Å². The van der Waals surface area contributed by atoms with E-state index in [1.165, 1.54) is 0 Å². The van der Waals surface area contributed by atoms with Gasteiger partial charge in [0.1, 0.15) is 0 Å². The smallest absolute Gasteiger partial charge is 0.336 e. The number of carboxylic acid groups (broad SMARTS) is 1. The standard InChI is InChI=1S/C15H18O3S/c1-2-9-5-8-12(15(16)17)13(10-3-4-10)14(9)19(18)11-6-7-11/h5,8,10-11H,2-4,6-7H2,1H3,(H,16,17)/t19-/m0/s1. The SMILES string of the molecule is CCc1ccc(C(=O)O)c(C2CC2)c1[S@@](=O)C1CC1. The molecule has 2 fully saturated rings. The van der Waals surface area contributed by atoms with Gasteiger partial charge >= 0.3 is 5.97 Å². The Labute approximate surface area is 115 Å². The van der Waals surface area contributed by atoms with Gasteiger partial charge in [-0.05, 0) is 55.2 Å². The molecule has 0 unspecified atom stereocenters. The van der Waals surface area contributed by atoms with Gasteiger partial charge in [-0.1, -0.05) is 13.0 Å². The lowest BCUT2D eigenvalue weighted by Gasteiger charge is -2.15. The van der Waals surface area contributed by atoms with Crippen molar-refractivity contribution < 1.29 is 14.1 Å². The first-order valence-electron chi connectivity index (χ1n) is 6.93. The van der Waals surface area contributed by atoms with Crippen LogP contribution in [0.4, 0.5) is 0 Å². The lowest BCUT2D eigenvalue weighted by Crippen LogP contribution is -2.11. The first-order valence-corrected chi connectivity index (χ1v) is 8.14. The molecule has 4 heteroatoms. The molecule has 2 aliphatic carbocycles. The van der Waals surface area contributed by atoms with Gasteiger partial charge in [0.15, 0.2) is 0 Å². The first-order chi connectivity index (χ1) is 9.13. The van der Waals surface area contributed by atoms with Crippen LogP contribution in [0.5, 0.6) is 0 Å². The summed E-state index contributed by atoms with van der Waals surface area (Å²) in [6.45, 7) is 2.04. The number of carboxylic acids is 1. The van der Waals surface area contributed by atoms with E-state index in [0.29, 0.717) is 11.5 Å². The molecule has 2 aliphatic rings. The molecule has 0 aromatic heterocycles. The molecular formula is C15H18O3S. The van der Waals surface area contributed by atoms with Crippen LogP contribution in [0.3, 0.4) is 0 Å². The number of aromatic carboxylic acids is 1. The van der Waals surface area contributed by atoms with Crippen molar-refractivity contribution in [1.29, 1.82) is 0 Å². The van der Waals surface area contributed by atoms with Crippen LogP contribution < -0.4 is 0 Å². The zero-order chi connectivity index (χ0) is 13.6. The average molecular weight is 278 g/mol. The zero-order valence-corrected chi connectivity index (χ0v) is 11.8. The van der Waals surface area contributed by atoms with E-state index in [2.05, 4.69) is 0 Å². The van der Waals surface area contributed by atoms with Crippen molar-refractivity contribution in [3.8, 4) is 0 Å². The molecule has 0 bridgehead atoms. The van der Waals surface area contributed by atoms with Gasteiger partial charge in [-0.3, -0.25) is 4.21 Å². The Balaban J connectivity index is 2.18. The highest BCUT2D eigenvalue weighted by molar-refractivity contribution is 7.86. The van der Waals surface area contributed by atoms with Crippen LogP contribution in [-0.4, -0.2) is 20.5 Å². The third kappa shape index (κ3) is 2.34. The number of aryl methyl sites for hydroxylation is 1. The fourth-order valence-corrected chi connectivity index (χ4v) is 4.43. The highest BCUT2D eigenvalue weighted by Crippen LogP contribution is 2.47. The molecule has 0 amide bonds. The molecule has 1 atom stereocenters. The fraction of sp³-hybridized carbons (Fsp3) is 0.533. The van der Waals surface area contributed by atoms with E-state index >= 15 is 0 Å². The van der Waals surface area contributed by atoms with Gasteiger partial charge < -0.3 is 5.11 Å². The van der Waals surface area contributed by atoms with E-state index < -0.39 is 16.8 Å². The second-order valence-electron chi connectivity index (χ2n) is 5.44. The largest absolute Gasteiger partial charge is 0.478 e. The molecule has 3 nitrogen and oxygen atoms in total. The van der Waals surface area contributed by atoms with Crippen molar-refractivity contribution in [3.63, 3.8) is 0 Å². The summed E-state index contributed by atoms with van der Waals surface area (Å²) in [6.07, 6.45) is 4.90. The minimum Gasteiger partial charge on any atom is -0.478 e. The number of hydrogen-bond donors (Lipinski definition) is 1. The van der Waals surface area contributed by atoms with Crippen molar-refractivity contribution in [2.75, 3.05) is 0 Å². The summed E-state index contributed by atoms with van der Waals surface area (Å²) in [7, 11) is -1.02. The Hall–Kier alpha value is -1.16. The van der Waals surface area contributed by atoms with Crippen molar-refractivity contribution in [3.05, 3.63) is 28.8 Å². The van der Waals surface area contributed by atoms with E-state index in [0.717, 1.165) is 48.1 Å². The van der Waals surface area contributed by atoms with Gasteiger partial charge in [0, 0.05) is 10.1 Å². The molecule has 1 aromatic carbocycles. The summed E-state index contributed by atoms with van der Waals surface area (Å²) in [4.78, 5) is 12.3. The summed E-state index contributed by atoms with van der Waals surface area (Å²) in [5, 5.41) is 9.62. The van der Waals surface area contributed by atoms with E-state index in [1.807, 2.05) is 13.0 Å². The predicted molar refractivity (Wildman–Crippen MR) is 74.2 cm³/mol. The highest BCUT2D eigenvalue weighted by atomic mass is 32.2. The van der Waals surface area contributed by atoms with E-state index in [9.17, 15) is 14.1 Å². The monoisotopic (exact) mass is 278 g/mol. The molecule has 102 valence electrons. The molecular weight excluding hydrogens is 260 g/mol. The third-order valence-electron chi connectivity index (χ3n) is 3.90. The second kappa shape index (κ2) is 4.75. The lowest BCUT2D eigenvalue weighted by atomic mass is 9.99. The van der Waals surface area contributed by atoms with Gasteiger partial charge in [0.2, 0.25) is 0 Å². The predicted octanol–water partition coefficient (Wildman–Crippen LogP) is 3.09. The Kier molecular flexibility index (Phi) is 3.21. The molecule has 19 heavy (non-hydrogen) atoms. The van der Waals surface area contributed by atoms with E-state index in [4.69, 9.17) is 0 Å². The van der Waals surface area contributed by atoms with E-state index in [-0.39, 0.29) is 5.25 Å². The topological polar surface area (TPSA) is 54.4 Å². The van der Waals surface area contributed by atoms with Gasteiger partial charge in [0.05, 0.1) is 16.4 Å². The molecule has 0 aliphatic heterocycles. The third-order valence-corrected chi connectivity index (χ3v) is 5.86. The van der Waals surface area contributed by atoms with Crippen LogP contribution in [0.1, 0.15) is 60.0 Å². The summed E-state index contributed by atoms with van der Waals surface area (Å²) in [6, 6.07) is 3.55. The van der Waals surface area contributed by atoms with Gasteiger partial charge in [-0.2, -0.15) is 0 Å². The normalized spacial score (nSPS) is 20.3. The summed E-state index contributed by atoms with van der Waals surface area (Å²) in [5.41, 5.74) is 2.30. The van der Waals surface area contributed by atoms with Crippen LogP contribution in [0.25, 0.3) is 0 Å². The Morgan fingerprint density at radius 2 is 2.00 bits per heavy atom. The maximum Gasteiger partial charge on any atom is 0.336 e. The Morgan fingerprint density at radius 1 is 1.32 bits per heavy atom. The number of benzene rings is 1. The zero-order valence-electron chi connectivity index (χ0n) is 11.0. The van der Waals surface area contributed by atoms with Gasteiger partial charge in [-0.25, -0.2) is 4.79 Å². The van der Waals surface area contributed by atoms with Crippen molar-refractivity contribution in [2.45, 2.75) is 55.1 Å². The van der Waals surface area contributed by atoms with Crippen LogP contribution in [0, 0.1) is 0 Å². The quantitative estimate of drug-likeness (QED) is 0.900. The number of hydrogen-bond acceptors (Lipinski definition) is 2. The van der Waals surface area contributed by atoms with Crippen LogP contribution >= 0.6 is 0 Å². The fourth-order valence-electron chi connectivity index (χ4n) is 2.57. The summed E-state index contributed by atoms with van der Waals surface area (Å²) in [5.74, 6) is -0.575. The van der Waals surface area contributed by atoms with Gasteiger partial charge in [-0.15, -0.1) is 0 Å². The number of carbonyl (C=O) groups is 1. The lowest BCUT2D eigenvalue weighted by molar-refractivity contribution is 0.0695. The van der Waals surface area contributed by atoms with E-state index in [1.54, 1.807) is 6.07 Å². The Bertz CT molecular complexity index is 557. The minimum atomic E-state index is -1.02. The molecule has 1 N–H and O–H groups in total. The first kappa shape index (κ1) is 12.9. The maximum absolute atomic E-state index is 12.6. The maximum atomic E-state index is 12.6.